The number of hydrogen-bond acceptors (Lipinski definition) is 2. The molecule has 144 valence electrons. The third kappa shape index (κ3) is 4.97. The van der Waals surface area contributed by atoms with E-state index in [0.29, 0.717) is 52.7 Å². The van der Waals surface area contributed by atoms with E-state index >= 15 is 0 Å². The van der Waals surface area contributed by atoms with Crippen molar-refractivity contribution in [3.8, 4) is 0 Å². The summed E-state index contributed by atoms with van der Waals surface area (Å²) in [6.45, 7) is 2.29. The summed E-state index contributed by atoms with van der Waals surface area (Å²) in [6.07, 6.45) is -4.35. The van der Waals surface area contributed by atoms with Crippen LogP contribution >= 0.6 is 35.4 Å². The summed E-state index contributed by atoms with van der Waals surface area (Å²) in [7, 11) is 0. The summed E-state index contributed by atoms with van der Waals surface area (Å²) in [4.78, 5) is 3.87. The first kappa shape index (κ1) is 20.0. The van der Waals surface area contributed by atoms with Gasteiger partial charge in [-0.2, -0.15) is 13.2 Å². The highest BCUT2D eigenvalue weighted by atomic mass is 35.5. The Morgan fingerprint density at radius 3 is 2.37 bits per heavy atom. The summed E-state index contributed by atoms with van der Waals surface area (Å²) in [5.74, 6) is 0. The Morgan fingerprint density at radius 2 is 1.70 bits per heavy atom. The molecule has 1 aliphatic rings. The fourth-order valence-electron chi connectivity index (χ4n) is 2.83. The molecule has 3 nitrogen and oxygen atoms in total. The van der Waals surface area contributed by atoms with Crippen molar-refractivity contribution in [3.63, 3.8) is 0 Å². The zero-order valence-electron chi connectivity index (χ0n) is 14.1. The van der Waals surface area contributed by atoms with Crippen molar-refractivity contribution in [2.45, 2.75) is 6.18 Å². The van der Waals surface area contributed by atoms with Crippen molar-refractivity contribution >= 4 is 51.9 Å². The SMILES string of the molecule is FC(F)(F)c1cccc(N2CCN(C(=S)Nc3cc(Cl)ccc3Cl)CC2)c1. The quantitative estimate of drug-likeness (QED) is 0.627. The zero-order chi connectivity index (χ0) is 19.6. The minimum Gasteiger partial charge on any atom is -0.368 e. The number of nitrogens with one attached hydrogen (secondary N) is 1. The number of nitrogens with zero attached hydrogens (tertiary/aromatic N) is 2. The van der Waals surface area contributed by atoms with Crippen LogP contribution in [0.5, 0.6) is 0 Å². The fourth-order valence-corrected chi connectivity index (χ4v) is 3.46. The standard InChI is InChI=1S/C18H16Cl2F3N3S/c19-13-4-5-15(20)16(11-13)24-17(27)26-8-6-25(7-9-26)14-3-1-2-12(10-14)18(21,22)23/h1-5,10-11H,6-9H2,(H,24,27). The van der Waals surface area contributed by atoms with E-state index in [0.717, 1.165) is 6.07 Å². The molecule has 0 aliphatic carbocycles. The van der Waals surface area contributed by atoms with Gasteiger partial charge < -0.3 is 15.1 Å². The van der Waals surface area contributed by atoms with E-state index in [1.807, 2.05) is 9.80 Å². The second-order valence-corrected chi connectivity index (χ2v) is 7.31. The molecule has 0 unspecified atom stereocenters. The van der Waals surface area contributed by atoms with Crippen LogP contribution in [0.1, 0.15) is 5.56 Å². The zero-order valence-corrected chi connectivity index (χ0v) is 16.4. The van der Waals surface area contributed by atoms with Crippen molar-refractivity contribution in [1.29, 1.82) is 0 Å². The molecule has 2 aromatic carbocycles. The van der Waals surface area contributed by atoms with Crippen molar-refractivity contribution in [3.05, 3.63) is 58.1 Å². The predicted molar refractivity (Wildman–Crippen MR) is 108 cm³/mol. The number of alkyl halides is 3. The van der Waals surface area contributed by atoms with Crippen LogP contribution in [0.2, 0.25) is 10.0 Å². The maximum atomic E-state index is 12.9. The van der Waals surface area contributed by atoms with Crippen molar-refractivity contribution in [2.24, 2.45) is 0 Å². The lowest BCUT2D eigenvalue weighted by Crippen LogP contribution is -2.50. The molecule has 0 spiro atoms. The Bertz CT molecular complexity index is 837. The van der Waals surface area contributed by atoms with Crippen LogP contribution in [0.3, 0.4) is 0 Å². The molecule has 1 saturated heterocycles. The van der Waals surface area contributed by atoms with E-state index in [1.165, 1.54) is 12.1 Å². The topological polar surface area (TPSA) is 18.5 Å². The molecule has 27 heavy (non-hydrogen) atoms. The lowest BCUT2D eigenvalue weighted by Gasteiger charge is -2.37. The maximum absolute atomic E-state index is 12.9. The molecule has 2 aromatic rings. The Hall–Kier alpha value is -1.70. The number of halogens is 5. The van der Waals surface area contributed by atoms with Gasteiger partial charge in [0.2, 0.25) is 0 Å². The Balaban J connectivity index is 1.62. The van der Waals surface area contributed by atoms with Gasteiger partial charge in [-0.25, -0.2) is 0 Å². The van der Waals surface area contributed by atoms with Crippen LogP contribution < -0.4 is 10.2 Å². The monoisotopic (exact) mass is 433 g/mol. The third-order valence-corrected chi connectivity index (χ3v) is 5.20. The van der Waals surface area contributed by atoms with E-state index in [9.17, 15) is 13.2 Å². The molecule has 9 heteroatoms. The van der Waals surface area contributed by atoms with Gasteiger partial charge in [0.1, 0.15) is 0 Å². The van der Waals surface area contributed by atoms with Gasteiger partial charge in [-0.1, -0.05) is 29.3 Å². The highest BCUT2D eigenvalue weighted by Crippen LogP contribution is 2.32. The minimum atomic E-state index is -4.35. The van der Waals surface area contributed by atoms with E-state index in [-0.39, 0.29) is 0 Å². The van der Waals surface area contributed by atoms with Crippen molar-refractivity contribution in [1.82, 2.24) is 4.90 Å². The average molecular weight is 434 g/mol. The van der Waals surface area contributed by atoms with E-state index in [1.54, 1.807) is 24.3 Å². The lowest BCUT2D eigenvalue weighted by atomic mass is 10.1. The number of thiocarbonyl (C=S) groups is 1. The molecule has 0 bridgehead atoms. The molecule has 1 heterocycles. The van der Waals surface area contributed by atoms with Crippen LogP contribution in [0.15, 0.2) is 42.5 Å². The normalized spacial score (nSPS) is 15.0. The molecule has 1 aliphatic heterocycles. The smallest absolute Gasteiger partial charge is 0.368 e. The van der Waals surface area contributed by atoms with Gasteiger partial charge in [0.05, 0.1) is 16.3 Å². The van der Waals surface area contributed by atoms with Crippen molar-refractivity contribution in [2.75, 3.05) is 36.4 Å². The summed E-state index contributed by atoms with van der Waals surface area (Å²) < 4.78 is 38.7. The van der Waals surface area contributed by atoms with Crippen LogP contribution in [-0.4, -0.2) is 36.2 Å². The Labute approximate surface area is 170 Å². The Morgan fingerprint density at radius 1 is 1.00 bits per heavy atom. The van der Waals surface area contributed by atoms with Crippen LogP contribution in [0.25, 0.3) is 0 Å². The average Bonchev–Trinajstić information content (AvgIpc) is 2.64. The van der Waals surface area contributed by atoms with Crippen LogP contribution in [0.4, 0.5) is 24.5 Å². The molecule has 0 amide bonds. The molecule has 0 radical (unpaired) electrons. The molecule has 0 atom stereocenters. The van der Waals surface area contributed by atoms with Gasteiger partial charge in [0.15, 0.2) is 5.11 Å². The first-order valence-corrected chi connectivity index (χ1v) is 9.33. The highest BCUT2D eigenvalue weighted by molar-refractivity contribution is 7.80. The number of hydrogen-bond donors (Lipinski definition) is 1. The van der Waals surface area contributed by atoms with Crippen molar-refractivity contribution < 1.29 is 13.2 Å². The molecule has 0 aromatic heterocycles. The van der Waals surface area contributed by atoms with Gasteiger partial charge in [-0.3, -0.25) is 0 Å². The van der Waals surface area contributed by atoms with Crippen LogP contribution in [0, 0.1) is 0 Å². The first-order valence-electron chi connectivity index (χ1n) is 8.17. The molecule has 0 saturated carbocycles. The number of benzene rings is 2. The molecule has 3 rings (SSSR count). The fraction of sp³-hybridized carbons (Fsp3) is 0.278. The van der Waals surface area contributed by atoms with Gasteiger partial charge in [0.25, 0.3) is 0 Å². The second-order valence-electron chi connectivity index (χ2n) is 6.08. The van der Waals surface area contributed by atoms with E-state index < -0.39 is 11.7 Å². The summed E-state index contributed by atoms with van der Waals surface area (Å²) >= 11 is 17.5. The highest BCUT2D eigenvalue weighted by Gasteiger charge is 2.31. The largest absolute Gasteiger partial charge is 0.416 e. The molecule has 1 N–H and O–H groups in total. The summed E-state index contributed by atoms with van der Waals surface area (Å²) in [5.41, 5.74) is 0.533. The third-order valence-electron chi connectivity index (χ3n) is 4.28. The number of rotatable bonds is 2. The van der Waals surface area contributed by atoms with Gasteiger partial charge in [-0.05, 0) is 48.6 Å². The predicted octanol–water partition coefficient (Wildman–Crippen LogP) is 5.53. The minimum absolute atomic E-state index is 0.503. The van der Waals surface area contributed by atoms with Gasteiger partial charge in [0, 0.05) is 36.9 Å². The van der Waals surface area contributed by atoms with E-state index in [4.69, 9.17) is 35.4 Å². The first-order chi connectivity index (χ1) is 12.7. The van der Waals surface area contributed by atoms with E-state index in [2.05, 4.69) is 5.32 Å². The van der Waals surface area contributed by atoms with Gasteiger partial charge >= 0.3 is 6.18 Å². The number of piperazine rings is 1. The molecular formula is C18H16Cl2F3N3S. The molecular weight excluding hydrogens is 418 g/mol. The Kier molecular flexibility index (Phi) is 6.03. The second kappa shape index (κ2) is 8.12. The molecule has 1 fully saturated rings. The maximum Gasteiger partial charge on any atom is 0.416 e. The van der Waals surface area contributed by atoms with Crippen LogP contribution in [-0.2, 0) is 6.18 Å². The summed E-state index contributed by atoms with van der Waals surface area (Å²) in [6, 6.07) is 10.4. The lowest BCUT2D eigenvalue weighted by molar-refractivity contribution is -0.137. The summed E-state index contributed by atoms with van der Waals surface area (Å²) in [5, 5.41) is 4.63. The number of anilines is 2. The van der Waals surface area contributed by atoms with Gasteiger partial charge in [-0.15, -0.1) is 0 Å².